The molecule has 0 amide bonds. The Kier molecular flexibility index (Phi) is 4.42. The molecule has 0 spiro atoms. The molecule has 0 aliphatic heterocycles. The highest BCUT2D eigenvalue weighted by Crippen LogP contribution is 2.31. The molecule has 1 heterocycles. The number of ether oxygens (including phenoxy) is 1. The molecule has 0 saturated heterocycles. The Morgan fingerprint density at radius 2 is 1.95 bits per heavy atom. The molecule has 100 valence electrons. The Labute approximate surface area is 126 Å². The van der Waals surface area contributed by atoms with Crippen LogP contribution in [-0.2, 0) is 0 Å². The molecule has 0 aliphatic rings. The van der Waals surface area contributed by atoms with Gasteiger partial charge in [0, 0.05) is 10.2 Å². The predicted molar refractivity (Wildman–Crippen MR) is 80.1 cm³/mol. The molecule has 19 heavy (non-hydrogen) atoms. The van der Waals surface area contributed by atoms with E-state index in [9.17, 15) is 0 Å². The van der Waals surface area contributed by atoms with Gasteiger partial charge >= 0.3 is 6.01 Å². The van der Waals surface area contributed by atoms with E-state index >= 15 is 0 Å². The van der Waals surface area contributed by atoms with Crippen LogP contribution >= 0.6 is 27.5 Å². The molecule has 0 radical (unpaired) electrons. The molecule has 0 atom stereocenters. The fraction of sp³-hybridized carbons (Fsp3) is 0.286. The third-order valence-electron chi connectivity index (χ3n) is 2.54. The minimum absolute atomic E-state index is 0.321. The van der Waals surface area contributed by atoms with Crippen molar-refractivity contribution in [2.45, 2.75) is 26.7 Å². The van der Waals surface area contributed by atoms with E-state index in [4.69, 9.17) is 16.3 Å². The van der Waals surface area contributed by atoms with Gasteiger partial charge in [0.15, 0.2) is 5.75 Å². The summed E-state index contributed by atoms with van der Waals surface area (Å²) in [6.45, 7) is 6.08. The molecule has 0 saturated carbocycles. The molecule has 5 heteroatoms. The zero-order chi connectivity index (χ0) is 14.0. The van der Waals surface area contributed by atoms with Crippen LogP contribution in [0.5, 0.6) is 11.8 Å². The normalized spacial score (nSPS) is 10.8. The van der Waals surface area contributed by atoms with E-state index in [0.29, 0.717) is 22.7 Å². The lowest BCUT2D eigenvalue weighted by atomic mass is 10.1. The maximum Gasteiger partial charge on any atom is 0.322 e. The van der Waals surface area contributed by atoms with Crippen LogP contribution in [0.4, 0.5) is 0 Å². The molecule has 3 nitrogen and oxygen atoms in total. The summed E-state index contributed by atoms with van der Waals surface area (Å²) in [4.78, 5) is 8.67. The minimum atomic E-state index is 0.321. The zero-order valence-electron chi connectivity index (χ0n) is 10.9. The van der Waals surface area contributed by atoms with Crippen LogP contribution in [0.15, 0.2) is 28.7 Å². The molecular weight excluding hydrogens is 328 g/mol. The lowest BCUT2D eigenvalue weighted by Crippen LogP contribution is -2.00. The number of halogens is 2. The summed E-state index contributed by atoms with van der Waals surface area (Å²) < 4.78 is 6.57. The van der Waals surface area contributed by atoms with Crippen molar-refractivity contribution in [3.05, 3.63) is 45.1 Å². The van der Waals surface area contributed by atoms with Gasteiger partial charge in [0.2, 0.25) is 0 Å². The van der Waals surface area contributed by atoms with Crippen LogP contribution in [0.2, 0.25) is 5.02 Å². The number of benzene rings is 1. The fourth-order valence-corrected chi connectivity index (χ4v) is 2.06. The third-order valence-corrected chi connectivity index (χ3v) is 3.35. The first-order valence-corrected chi connectivity index (χ1v) is 7.11. The molecule has 0 fully saturated rings. The molecule has 0 N–H and O–H groups in total. The van der Waals surface area contributed by atoms with Gasteiger partial charge in [-0.2, -0.15) is 4.98 Å². The van der Waals surface area contributed by atoms with E-state index in [1.165, 1.54) is 0 Å². The van der Waals surface area contributed by atoms with Gasteiger partial charge in [0.25, 0.3) is 0 Å². The van der Waals surface area contributed by atoms with E-state index in [-0.39, 0.29) is 0 Å². The Balaban J connectivity index is 2.35. The Morgan fingerprint density at radius 3 is 2.63 bits per heavy atom. The van der Waals surface area contributed by atoms with Crippen LogP contribution in [-0.4, -0.2) is 9.97 Å². The van der Waals surface area contributed by atoms with Crippen LogP contribution in [0, 0.1) is 6.92 Å². The maximum absolute atomic E-state index is 6.09. The van der Waals surface area contributed by atoms with Gasteiger partial charge in [-0.05, 0) is 37.1 Å². The Morgan fingerprint density at radius 1 is 1.21 bits per heavy atom. The van der Waals surface area contributed by atoms with Gasteiger partial charge in [-0.3, -0.25) is 0 Å². The topological polar surface area (TPSA) is 35.0 Å². The SMILES string of the molecule is Cc1cc(C(C)C)nc(Oc2cc(Br)ccc2Cl)n1. The smallest absolute Gasteiger partial charge is 0.322 e. The highest BCUT2D eigenvalue weighted by Gasteiger charge is 2.10. The molecule has 0 bridgehead atoms. The predicted octanol–water partition coefficient (Wildman–Crippen LogP) is 5.12. The van der Waals surface area contributed by atoms with Crippen molar-refractivity contribution in [1.29, 1.82) is 0 Å². The van der Waals surface area contributed by atoms with Crippen LogP contribution in [0.1, 0.15) is 31.2 Å². The second-order valence-electron chi connectivity index (χ2n) is 4.55. The van der Waals surface area contributed by atoms with E-state index in [2.05, 4.69) is 39.7 Å². The van der Waals surface area contributed by atoms with Crippen molar-refractivity contribution in [1.82, 2.24) is 9.97 Å². The van der Waals surface area contributed by atoms with Gasteiger partial charge in [-0.25, -0.2) is 4.98 Å². The monoisotopic (exact) mass is 340 g/mol. The Bertz CT molecular complexity index is 602. The molecule has 0 unspecified atom stereocenters. The highest BCUT2D eigenvalue weighted by molar-refractivity contribution is 9.10. The quantitative estimate of drug-likeness (QED) is 0.777. The first kappa shape index (κ1) is 14.3. The summed E-state index contributed by atoms with van der Waals surface area (Å²) in [6, 6.07) is 7.69. The first-order chi connectivity index (χ1) is 8.95. The number of rotatable bonds is 3. The molecule has 1 aromatic heterocycles. The van der Waals surface area contributed by atoms with E-state index < -0.39 is 0 Å². The number of aryl methyl sites for hydroxylation is 1. The standard InChI is InChI=1S/C14H14BrClN2O/c1-8(2)12-6-9(3)17-14(18-12)19-13-7-10(15)4-5-11(13)16/h4-8H,1-3H3. The summed E-state index contributed by atoms with van der Waals surface area (Å²) in [5.41, 5.74) is 1.83. The average Bonchev–Trinajstić information content (AvgIpc) is 2.33. The number of hydrogen-bond donors (Lipinski definition) is 0. The average molecular weight is 342 g/mol. The summed E-state index contributed by atoms with van der Waals surface area (Å²) >= 11 is 9.47. The van der Waals surface area contributed by atoms with E-state index in [1.54, 1.807) is 12.1 Å². The largest absolute Gasteiger partial charge is 0.423 e. The second-order valence-corrected chi connectivity index (χ2v) is 5.87. The lowest BCUT2D eigenvalue weighted by molar-refractivity contribution is 0.436. The van der Waals surface area contributed by atoms with Gasteiger partial charge < -0.3 is 4.74 Å². The van der Waals surface area contributed by atoms with E-state index in [1.807, 2.05) is 19.1 Å². The molecule has 1 aromatic carbocycles. The van der Waals surface area contributed by atoms with Crippen LogP contribution < -0.4 is 4.74 Å². The lowest BCUT2D eigenvalue weighted by Gasteiger charge is -2.10. The van der Waals surface area contributed by atoms with Gasteiger partial charge in [0.1, 0.15) is 0 Å². The first-order valence-electron chi connectivity index (χ1n) is 5.94. The van der Waals surface area contributed by atoms with Crippen molar-refractivity contribution in [3.63, 3.8) is 0 Å². The fourth-order valence-electron chi connectivity index (χ4n) is 1.56. The molecule has 0 aliphatic carbocycles. The Hall–Kier alpha value is -1.13. The minimum Gasteiger partial charge on any atom is -0.423 e. The summed E-state index contributed by atoms with van der Waals surface area (Å²) in [7, 11) is 0. The number of nitrogens with zero attached hydrogens (tertiary/aromatic N) is 2. The summed E-state index contributed by atoms with van der Waals surface area (Å²) in [5, 5.41) is 0.527. The van der Waals surface area contributed by atoms with Crippen molar-refractivity contribution < 1.29 is 4.74 Å². The molecule has 2 aromatic rings. The number of hydrogen-bond acceptors (Lipinski definition) is 3. The van der Waals surface area contributed by atoms with Crippen LogP contribution in [0.3, 0.4) is 0 Å². The molecular formula is C14H14BrClN2O. The van der Waals surface area contributed by atoms with Crippen molar-refractivity contribution in [2.24, 2.45) is 0 Å². The zero-order valence-corrected chi connectivity index (χ0v) is 13.3. The number of aromatic nitrogens is 2. The van der Waals surface area contributed by atoms with Gasteiger partial charge in [-0.15, -0.1) is 0 Å². The summed E-state index contributed by atoms with van der Waals surface area (Å²) in [5.74, 6) is 0.860. The summed E-state index contributed by atoms with van der Waals surface area (Å²) in [6.07, 6.45) is 0. The highest BCUT2D eigenvalue weighted by atomic mass is 79.9. The van der Waals surface area contributed by atoms with E-state index in [0.717, 1.165) is 15.9 Å². The van der Waals surface area contributed by atoms with Gasteiger partial charge in [0.05, 0.1) is 10.7 Å². The van der Waals surface area contributed by atoms with Crippen molar-refractivity contribution in [3.8, 4) is 11.8 Å². The molecule has 2 rings (SSSR count). The van der Waals surface area contributed by atoms with Crippen molar-refractivity contribution >= 4 is 27.5 Å². The third kappa shape index (κ3) is 3.67. The van der Waals surface area contributed by atoms with Gasteiger partial charge in [-0.1, -0.05) is 41.4 Å². The maximum atomic E-state index is 6.09. The van der Waals surface area contributed by atoms with Crippen LogP contribution in [0.25, 0.3) is 0 Å². The van der Waals surface area contributed by atoms with Crippen molar-refractivity contribution in [2.75, 3.05) is 0 Å². The second kappa shape index (κ2) is 5.88.